The molecule has 0 bridgehead atoms. The van der Waals surface area contributed by atoms with Crippen LogP contribution in [-0.4, -0.2) is 18.1 Å². The van der Waals surface area contributed by atoms with E-state index < -0.39 is 0 Å². The van der Waals surface area contributed by atoms with Crippen LogP contribution >= 0.6 is 0 Å². The molecule has 0 saturated carbocycles. The summed E-state index contributed by atoms with van der Waals surface area (Å²) in [5.74, 6) is 0.886. The van der Waals surface area contributed by atoms with Crippen molar-refractivity contribution in [2.45, 2.75) is 6.92 Å². The third-order valence-electron chi connectivity index (χ3n) is 2.30. The molecule has 3 nitrogen and oxygen atoms in total. The number of hydrogen-bond donors (Lipinski definition) is 2. The Morgan fingerprint density at radius 1 is 1.27 bits per heavy atom. The minimum absolute atomic E-state index is 0.619. The molecule has 2 aromatic rings. The van der Waals surface area contributed by atoms with Crippen molar-refractivity contribution < 1.29 is 0 Å². The lowest BCUT2D eigenvalue weighted by molar-refractivity contribution is 1.01. The highest BCUT2D eigenvalue weighted by atomic mass is 15.0. The molecule has 78 valence electrons. The third kappa shape index (κ3) is 2.25. The van der Waals surface area contributed by atoms with E-state index >= 15 is 0 Å². The number of aromatic nitrogens is 1. The zero-order valence-corrected chi connectivity index (χ0v) is 8.83. The number of anilines is 1. The van der Waals surface area contributed by atoms with Crippen molar-refractivity contribution in [2.24, 2.45) is 5.73 Å². The summed E-state index contributed by atoms with van der Waals surface area (Å²) >= 11 is 0. The maximum Gasteiger partial charge on any atom is 0.126 e. The molecular weight excluding hydrogens is 186 g/mol. The van der Waals surface area contributed by atoms with Crippen LogP contribution in [0.2, 0.25) is 0 Å². The first-order chi connectivity index (χ1) is 7.29. The highest BCUT2D eigenvalue weighted by Crippen LogP contribution is 2.16. The summed E-state index contributed by atoms with van der Waals surface area (Å²) < 4.78 is 0. The lowest BCUT2D eigenvalue weighted by Crippen LogP contribution is -2.13. The van der Waals surface area contributed by atoms with E-state index in [9.17, 15) is 0 Å². The molecule has 0 aliphatic carbocycles. The number of nitrogens with two attached hydrogens (primary N) is 1. The van der Waals surface area contributed by atoms with E-state index in [-0.39, 0.29) is 0 Å². The summed E-state index contributed by atoms with van der Waals surface area (Å²) in [6.45, 7) is 3.46. The first-order valence-electron chi connectivity index (χ1n) is 5.11. The van der Waals surface area contributed by atoms with Crippen LogP contribution in [0.1, 0.15) is 5.56 Å². The van der Waals surface area contributed by atoms with Crippen LogP contribution in [0, 0.1) is 6.92 Å². The number of hydrogen-bond acceptors (Lipinski definition) is 3. The zero-order valence-electron chi connectivity index (χ0n) is 8.83. The van der Waals surface area contributed by atoms with Crippen molar-refractivity contribution in [3.63, 3.8) is 0 Å². The molecule has 0 amide bonds. The molecule has 0 radical (unpaired) electrons. The fourth-order valence-electron chi connectivity index (χ4n) is 1.54. The van der Waals surface area contributed by atoms with Gasteiger partial charge in [0.15, 0.2) is 0 Å². The van der Waals surface area contributed by atoms with Crippen molar-refractivity contribution in [3.05, 3.63) is 35.9 Å². The van der Waals surface area contributed by atoms with Crippen molar-refractivity contribution in [1.29, 1.82) is 0 Å². The van der Waals surface area contributed by atoms with Gasteiger partial charge in [-0.15, -0.1) is 0 Å². The van der Waals surface area contributed by atoms with Gasteiger partial charge in [0.25, 0.3) is 0 Å². The van der Waals surface area contributed by atoms with E-state index in [4.69, 9.17) is 5.73 Å². The number of aryl methyl sites for hydroxylation is 1. The second-order valence-corrected chi connectivity index (χ2v) is 3.61. The summed E-state index contributed by atoms with van der Waals surface area (Å²) in [4.78, 5) is 4.49. The monoisotopic (exact) mass is 201 g/mol. The largest absolute Gasteiger partial charge is 0.369 e. The number of nitrogens with zero attached hydrogens (tertiary/aromatic N) is 1. The van der Waals surface area contributed by atoms with Gasteiger partial charge in [-0.05, 0) is 31.2 Å². The van der Waals surface area contributed by atoms with Crippen LogP contribution in [0.15, 0.2) is 30.3 Å². The summed E-state index contributed by atoms with van der Waals surface area (Å²) in [7, 11) is 0. The summed E-state index contributed by atoms with van der Waals surface area (Å²) in [6, 6.07) is 10.3. The van der Waals surface area contributed by atoms with E-state index in [0.29, 0.717) is 6.54 Å². The molecule has 0 aliphatic rings. The highest BCUT2D eigenvalue weighted by molar-refractivity contribution is 5.80. The van der Waals surface area contributed by atoms with Crippen molar-refractivity contribution in [1.82, 2.24) is 4.98 Å². The molecule has 3 N–H and O–H groups in total. The molecule has 15 heavy (non-hydrogen) atoms. The quantitative estimate of drug-likeness (QED) is 0.797. The van der Waals surface area contributed by atoms with Crippen LogP contribution in [0.5, 0.6) is 0 Å². The number of pyridine rings is 1. The van der Waals surface area contributed by atoms with Gasteiger partial charge in [0.1, 0.15) is 5.82 Å². The zero-order chi connectivity index (χ0) is 10.7. The maximum absolute atomic E-state index is 5.42. The van der Waals surface area contributed by atoms with Crippen LogP contribution < -0.4 is 11.1 Å². The molecule has 0 saturated heterocycles. The molecular formula is C12H15N3. The van der Waals surface area contributed by atoms with E-state index in [1.165, 1.54) is 10.9 Å². The van der Waals surface area contributed by atoms with E-state index in [1.807, 2.05) is 12.1 Å². The summed E-state index contributed by atoms with van der Waals surface area (Å²) in [6.07, 6.45) is 0. The van der Waals surface area contributed by atoms with Gasteiger partial charge in [0.2, 0.25) is 0 Å². The third-order valence-corrected chi connectivity index (χ3v) is 2.30. The Morgan fingerprint density at radius 2 is 2.13 bits per heavy atom. The Hall–Kier alpha value is -1.61. The Kier molecular flexibility index (Phi) is 2.83. The van der Waals surface area contributed by atoms with Gasteiger partial charge in [-0.25, -0.2) is 4.98 Å². The lowest BCUT2D eigenvalue weighted by Gasteiger charge is -2.05. The number of benzene rings is 1. The molecule has 1 aromatic heterocycles. The molecule has 0 aliphatic heterocycles. The first-order valence-corrected chi connectivity index (χ1v) is 5.11. The maximum atomic E-state index is 5.42. The molecule has 1 heterocycles. The van der Waals surface area contributed by atoms with E-state index in [0.717, 1.165) is 17.9 Å². The minimum atomic E-state index is 0.619. The Morgan fingerprint density at radius 3 is 2.93 bits per heavy atom. The van der Waals surface area contributed by atoms with Crippen LogP contribution in [0.25, 0.3) is 10.9 Å². The van der Waals surface area contributed by atoms with Gasteiger partial charge < -0.3 is 11.1 Å². The Labute approximate surface area is 89.3 Å². The lowest BCUT2D eigenvalue weighted by atomic mass is 10.1. The van der Waals surface area contributed by atoms with Crippen molar-refractivity contribution in [2.75, 3.05) is 18.4 Å². The molecule has 3 heteroatoms. The van der Waals surface area contributed by atoms with Crippen LogP contribution in [-0.2, 0) is 0 Å². The second kappa shape index (κ2) is 4.28. The smallest absolute Gasteiger partial charge is 0.126 e. The van der Waals surface area contributed by atoms with Gasteiger partial charge in [0, 0.05) is 18.5 Å². The fourth-order valence-corrected chi connectivity index (χ4v) is 1.54. The first kappa shape index (κ1) is 9.93. The van der Waals surface area contributed by atoms with E-state index in [1.54, 1.807) is 0 Å². The number of rotatable bonds is 3. The summed E-state index contributed by atoms with van der Waals surface area (Å²) in [5.41, 5.74) is 7.69. The predicted molar refractivity (Wildman–Crippen MR) is 64.0 cm³/mol. The SMILES string of the molecule is Cc1ccc2nc(NCCN)ccc2c1. The standard InChI is InChI=1S/C12H15N3/c1-9-2-4-11-10(8-9)3-5-12(15-11)14-7-6-13/h2-5,8H,6-7,13H2,1H3,(H,14,15). The van der Waals surface area contributed by atoms with Gasteiger partial charge in [0.05, 0.1) is 5.52 Å². The minimum Gasteiger partial charge on any atom is -0.369 e. The topological polar surface area (TPSA) is 50.9 Å². The van der Waals surface area contributed by atoms with Crippen LogP contribution in [0.4, 0.5) is 5.82 Å². The molecule has 0 atom stereocenters. The van der Waals surface area contributed by atoms with Gasteiger partial charge in [-0.2, -0.15) is 0 Å². The second-order valence-electron chi connectivity index (χ2n) is 3.61. The average molecular weight is 201 g/mol. The van der Waals surface area contributed by atoms with E-state index in [2.05, 4.69) is 35.4 Å². The normalized spacial score (nSPS) is 10.5. The molecule has 0 unspecified atom stereocenters. The van der Waals surface area contributed by atoms with Crippen LogP contribution in [0.3, 0.4) is 0 Å². The highest BCUT2D eigenvalue weighted by Gasteiger charge is 1.97. The van der Waals surface area contributed by atoms with Gasteiger partial charge in [-0.3, -0.25) is 0 Å². The van der Waals surface area contributed by atoms with Crippen molar-refractivity contribution in [3.8, 4) is 0 Å². The molecule has 2 rings (SSSR count). The molecule has 1 aromatic carbocycles. The Bertz CT molecular complexity index is 465. The fraction of sp³-hybridized carbons (Fsp3) is 0.250. The van der Waals surface area contributed by atoms with Crippen molar-refractivity contribution >= 4 is 16.7 Å². The number of fused-ring (bicyclic) bond motifs is 1. The Balaban J connectivity index is 2.34. The predicted octanol–water partition coefficient (Wildman–Crippen LogP) is 1.91. The average Bonchev–Trinajstić information content (AvgIpc) is 2.26. The number of nitrogens with one attached hydrogen (secondary N) is 1. The summed E-state index contributed by atoms with van der Waals surface area (Å²) in [5, 5.41) is 4.34. The molecule has 0 spiro atoms. The van der Waals surface area contributed by atoms with Gasteiger partial charge >= 0.3 is 0 Å². The van der Waals surface area contributed by atoms with Gasteiger partial charge in [-0.1, -0.05) is 11.6 Å². The molecule has 0 fully saturated rings.